The number of carbonyl (C=O) groups excluding carboxylic acids is 2. The summed E-state index contributed by atoms with van der Waals surface area (Å²) in [5.41, 5.74) is 0.196. The molecule has 0 fully saturated rings. The fourth-order valence-corrected chi connectivity index (χ4v) is 1.28. The van der Waals surface area contributed by atoms with E-state index in [-0.39, 0.29) is 29.7 Å². The molecule has 0 radical (unpaired) electrons. The standard InChI is InChI=1S/C12H16N2O3/c1-13(2)11(16)8-14(3)12(17)9-6-4-5-7-10(9)15/h4-7,15H,8H2,1-3H3. The van der Waals surface area contributed by atoms with Gasteiger partial charge in [-0.2, -0.15) is 0 Å². The maximum Gasteiger partial charge on any atom is 0.257 e. The van der Waals surface area contributed by atoms with Crippen molar-refractivity contribution in [1.29, 1.82) is 0 Å². The first kappa shape index (κ1) is 13.0. The zero-order chi connectivity index (χ0) is 13.0. The number of benzene rings is 1. The number of nitrogens with zero attached hydrogens (tertiary/aromatic N) is 2. The summed E-state index contributed by atoms with van der Waals surface area (Å²) in [5, 5.41) is 9.53. The number of para-hydroxylation sites is 1. The van der Waals surface area contributed by atoms with Gasteiger partial charge in [0.1, 0.15) is 5.75 Å². The average Bonchev–Trinajstić information content (AvgIpc) is 2.28. The second-order valence-electron chi connectivity index (χ2n) is 3.97. The lowest BCUT2D eigenvalue weighted by Gasteiger charge is -2.19. The molecular weight excluding hydrogens is 220 g/mol. The van der Waals surface area contributed by atoms with Gasteiger partial charge in [-0.1, -0.05) is 12.1 Å². The van der Waals surface area contributed by atoms with E-state index in [0.29, 0.717) is 0 Å². The fourth-order valence-electron chi connectivity index (χ4n) is 1.28. The van der Waals surface area contributed by atoms with Gasteiger partial charge in [0.05, 0.1) is 12.1 Å². The summed E-state index contributed by atoms with van der Waals surface area (Å²) in [7, 11) is 4.78. The molecule has 2 amide bonds. The van der Waals surface area contributed by atoms with Crippen molar-refractivity contribution in [2.45, 2.75) is 0 Å². The van der Waals surface area contributed by atoms with E-state index in [4.69, 9.17) is 0 Å². The van der Waals surface area contributed by atoms with Crippen molar-refractivity contribution in [2.75, 3.05) is 27.7 Å². The zero-order valence-electron chi connectivity index (χ0n) is 10.2. The van der Waals surface area contributed by atoms with Gasteiger partial charge in [0.2, 0.25) is 5.91 Å². The molecule has 1 aromatic carbocycles. The molecule has 0 bridgehead atoms. The topological polar surface area (TPSA) is 60.9 Å². The van der Waals surface area contributed by atoms with Gasteiger partial charge in [0.25, 0.3) is 5.91 Å². The van der Waals surface area contributed by atoms with Gasteiger partial charge >= 0.3 is 0 Å². The Morgan fingerprint density at radius 2 is 1.76 bits per heavy atom. The molecule has 0 aliphatic carbocycles. The van der Waals surface area contributed by atoms with Crippen molar-refractivity contribution >= 4 is 11.8 Å². The van der Waals surface area contributed by atoms with Crippen LogP contribution in [0.25, 0.3) is 0 Å². The number of phenolic OH excluding ortho intramolecular Hbond substituents is 1. The molecule has 0 spiro atoms. The molecule has 1 aromatic rings. The summed E-state index contributed by atoms with van der Waals surface area (Å²) in [6.07, 6.45) is 0. The van der Waals surface area contributed by atoms with Crippen LogP contribution in [0.5, 0.6) is 5.75 Å². The highest BCUT2D eigenvalue weighted by Gasteiger charge is 2.18. The number of rotatable bonds is 3. The Morgan fingerprint density at radius 1 is 1.18 bits per heavy atom. The van der Waals surface area contributed by atoms with Crippen LogP contribution >= 0.6 is 0 Å². The molecule has 17 heavy (non-hydrogen) atoms. The number of hydrogen-bond acceptors (Lipinski definition) is 3. The molecule has 0 saturated heterocycles. The number of hydrogen-bond donors (Lipinski definition) is 1. The summed E-state index contributed by atoms with van der Waals surface area (Å²) < 4.78 is 0. The van der Waals surface area contributed by atoms with E-state index in [1.54, 1.807) is 26.2 Å². The number of phenols is 1. The van der Waals surface area contributed by atoms with Crippen LogP contribution in [-0.2, 0) is 4.79 Å². The number of aromatic hydroxyl groups is 1. The van der Waals surface area contributed by atoms with Gasteiger partial charge in [0, 0.05) is 21.1 Å². The molecule has 0 aliphatic heterocycles. The molecule has 0 aliphatic rings. The second-order valence-corrected chi connectivity index (χ2v) is 3.97. The lowest BCUT2D eigenvalue weighted by Crippen LogP contribution is -2.37. The molecule has 0 aromatic heterocycles. The van der Waals surface area contributed by atoms with Gasteiger partial charge in [-0.25, -0.2) is 0 Å². The zero-order valence-corrected chi connectivity index (χ0v) is 10.2. The fraction of sp³-hybridized carbons (Fsp3) is 0.333. The van der Waals surface area contributed by atoms with Gasteiger partial charge in [0.15, 0.2) is 0 Å². The highest BCUT2D eigenvalue weighted by atomic mass is 16.3. The van der Waals surface area contributed by atoms with Crippen molar-refractivity contribution in [3.8, 4) is 5.75 Å². The van der Waals surface area contributed by atoms with Crippen LogP contribution in [0.1, 0.15) is 10.4 Å². The lowest BCUT2D eigenvalue weighted by atomic mass is 10.2. The molecule has 0 saturated carbocycles. The maximum absolute atomic E-state index is 11.9. The number of amides is 2. The van der Waals surface area contributed by atoms with Crippen LogP contribution < -0.4 is 0 Å². The van der Waals surface area contributed by atoms with Crippen molar-refractivity contribution in [2.24, 2.45) is 0 Å². The van der Waals surface area contributed by atoms with Crippen LogP contribution in [0.4, 0.5) is 0 Å². The molecule has 0 unspecified atom stereocenters. The second kappa shape index (κ2) is 5.34. The van der Waals surface area contributed by atoms with Gasteiger partial charge in [-0.15, -0.1) is 0 Å². The van der Waals surface area contributed by atoms with Gasteiger partial charge < -0.3 is 14.9 Å². The van der Waals surface area contributed by atoms with Gasteiger partial charge in [-0.3, -0.25) is 9.59 Å². The third-order valence-electron chi connectivity index (χ3n) is 2.35. The first-order valence-electron chi connectivity index (χ1n) is 5.17. The SMILES string of the molecule is CN(C)C(=O)CN(C)C(=O)c1ccccc1O. The highest BCUT2D eigenvalue weighted by molar-refractivity contribution is 5.98. The van der Waals surface area contributed by atoms with E-state index in [0.717, 1.165) is 0 Å². The highest BCUT2D eigenvalue weighted by Crippen LogP contribution is 2.17. The minimum absolute atomic E-state index is 0.0137. The van der Waals surface area contributed by atoms with Crippen LogP contribution in [0.2, 0.25) is 0 Å². The quantitative estimate of drug-likeness (QED) is 0.833. The molecule has 0 heterocycles. The first-order valence-corrected chi connectivity index (χ1v) is 5.17. The third-order valence-corrected chi connectivity index (χ3v) is 2.35. The van der Waals surface area contributed by atoms with Gasteiger partial charge in [-0.05, 0) is 12.1 Å². The Balaban J connectivity index is 2.77. The molecule has 0 atom stereocenters. The summed E-state index contributed by atoms with van der Waals surface area (Å²) >= 11 is 0. The predicted octanol–water partition coefficient (Wildman–Crippen LogP) is 0.552. The van der Waals surface area contributed by atoms with Crippen molar-refractivity contribution in [3.63, 3.8) is 0 Å². The smallest absolute Gasteiger partial charge is 0.257 e. The monoisotopic (exact) mass is 236 g/mol. The summed E-state index contributed by atoms with van der Waals surface area (Å²) in [5.74, 6) is -0.628. The predicted molar refractivity (Wildman–Crippen MR) is 63.8 cm³/mol. The van der Waals surface area contributed by atoms with Crippen molar-refractivity contribution < 1.29 is 14.7 Å². The Kier molecular flexibility index (Phi) is 4.09. The molecule has 5 nitrogen and oxygen atoms in total. The Hall–Kier alpha value is -2.04. The molecule has 1 rings (SSSR count). The lowest BCUT2D eigenvalue weighted by molar-refractivity contribution is -0.129. The van der Waals surface area contributed by atoms with E-state index in [1.807, 2.05) is 0 Å². The van der Waals surface area contributed by atoms with E-state index in [1.165, 1.54) is 29.0 Å². The molecule has 92 valence electrons. The number of carbonyl (C=O) groups is 2. The van der Waals surface area contributed by atoms with E-state index >= 15 is 0 Å². The van der Waals surface area contributed by atoms with Crippen LogP contribution in [0, 0.1) is 0 Å². The Morgan fingerprint density at radius 3 is 2.29 bits per heavy atom. The third kappa shape index (κ3) is 3.21. The minimum Gasteiger partial charge on any atom is -0.507 e. The summed E-state index contributed by atoms with van der Waals surface area (Å²) in [4.78, 5) is 26.0. The average molecular weight is 236 g/mol. The maximum atomic E-state index is 11.9. The minimum atomic E-state index is -0.377. The summed E-state index contributed by atoms with van der Waals surface area (Å²) in [6.45, 7) is -0.0137. The van der Waals surface area contributed by atoms with Crippen LogP contribution in [-0.4, -0.2) is 54.4 Å². The largest absolute Gasteiger partial charge is 0.507 e. The normalized spacial score (nSPS) is 9.82. The van der Waals surface area contributed by atoms with E-state index in [9.17, 15) is 14.7 Å². The first-order chi connectivity index (χ1) is 7.93. The van der Waals surface area contributed by atoms with Crippen molar-refractivity contribution in [1.82, 2.24) is 9.80 Å². The van der Waals surface area contributed by atoms with Crippen LogP contribution in [0.3, 0.4) is 0 Å². The van der Waals surface area contributed by atoms with Crippen LogP contribution in [0.15, 0.2) is 24.3 Å². The molecule has 1 N–H and O–H groups in total. The van der Waals surface area contributed by atoms with E-state index < -0.39 is 0 Å². The Bertz CT molecular complexity index is 430. The van der Waals surface area contributed by atoms with Crippen molar-refractivity contribution in [3.05, 3.63) is 29.8 Å². The Labute approximate surface area is 100 Å². The number of likely N-dealkylation sites (N-methyl/N-ethyl adjacent to an activating group) is 2. The van der Waals surface area contributed by atoms with E-state index in [2.05, 4.69) is 0 Å². The molecule has 5 heteroatoms. The molecular formula is C12H16N2O3. The summed E-state index contributed by atoms with van der Waals surface area (Å²) in [6, 6.07) is 6.26.